The highest BCUT2D eigenvalue weighted by Crippen LogP contribution is 2.16. The molecule has 3 aromatic rings. The second-order valence-electron chi connectivity index (χ2n) is 4.64. The third kappa shape index (κ3) is 3.17. The smallest absolute Gasteiger partial charge is 0.268 e. The molecule has 2 aromatic heterocycles. The fourth-order valence-corrected chi connectivity index (χ4v) is 2.78. The molecule has 2 heterocycles. The Hall–Kier alpha value is -2.47. The van der Waals surface area contributed by atoms with E-state index >= 15 is 0 Å². The standard InChI is InChI=1S/C15H14N4OS/c1-11-7-8-21-13(11)14(20)17-15-16-10-19(18-15)9-12-5-3-2-4-6-12/h2-8,10H,9H2,1H3,(H,17,18,20). The van der Waals surface area contributed by atoms with Crippen LogP contribution in [0.4, 0.5) is 5.95 Å². The number of aromatic nitrogens is 3. The number of thiophene rings is 1. The Morgan fingerprint density at radius 1 is 1.29 bits per heavy atom. The first-order valence-electron chi connectivity index (χ1n) is 6.51. The van der Waals surface area contributed by atoms with Crippen molar-refractivity contribution in [2.75, 3.05) is 5.32 Å². The molecule has 0 radical (unpaired) electrons. The molecule has 0 unspecified atom stereocenters. The van der Waals surface area contributed by atoms with Gasteiger partial charge in [-0.25, -0.2) is 9.67 Å². The van der Waals surface area contributed by atoms with Gasteiger partial charge in [-0.05, 0) is 29.5 Å². The number of carbonyl (C=O) groups excluding carboxylic acids is 1. The highest BCUT2D eigenvalue weighted by atomic mass is 32.1. The van der Waals surface area contributed by atoms with Gasteiger partial charge in [-0.2, -0.15) is 0 Å². The van der Waals surface area contributed by atoms with Crippen molar-refractivity contribution in [2.24, 2.45) is 0 Å². The first kappa shape index (κ1) is 13.5. The lowest BCUT2D eigenvalue weighted by atomic mass is 10.2. The number of nitrogens with one attached hydrogen (secondary N) is 1. The summed E-state index contributed by atoms with van der Waals surface area (Å²) in [5.74, 6) is 0.156. The SMILES string of the molecule is Cc1ccsc1C(=O)Nc1ncn(Cc2ccccc2)n1. The highest BCUT2D eigenvalue weighted by molar-refractivity contribution is 7.12. The van der Waals surface area contributed by atoms with Crippen molar-refractivity contribution in [1.82, 2.24) is 14.8 Å². The molecule has 3 rings (SSSR count). The van der Waals surface area contributed by atoms with Crippen LogP contribution in [0.15, 0.2) is 48.1 Å². The summed E-state index contributed by atoms with van der Waals surface area (Å²) >= 11 is 1.41. The number of amides is 1. The Labute approximate surface area is 126 Å². The van der Waals surface area contributed by atoms with Gasteiger partial charge >= 0.3 is 0 Å². The lowest BCUT2D eigenvalue weighted by Gasteiger charge is -2.01. The molecule has 21 heavy (non-hydrogen) atoms. The van der Waals surface area contributed by atoms with Crippen LogP contribution in [0.3, 0.4) is 0 Å². The van der Waals surface area contributed by atoms with Gasteiger partial charge in [-0.15, -0.1) is 16.4 Å². The van der Waals surface area contributed by atoms with Crippen molar-refractivity contribution in [2.45, 2.75) is 13.5 Å². The average molecular weight is 298 g/mol. The molecular weight excluding hydrogens is 284 g/mol. The molecule has 0 atom stereocenters. The van der Waals surface area contributed by atoms with Crippen LogP contribution in [0.1, 0.15) is 20.8 Å². The van der Waals surface area contributed by atoms with E-state index in [4.69, 9.17) is 0 Å². The topological polar surface area (TPSA) is 59.8 Å². The summed E-state index contributed by atoms with van der Waals surface area (Å²) in [5, 5.41) is 8.88. The molecular formula is C15H14N4OS. The van der Waals surface area contributed by atoms with Crippen LogP contribution in [-0.4, -0.2) is 20.7 Å². The van der Waals surface area contributed by atoms with Gasteiger partial charge in [0.1, 0.15) is 6.33 Å². The average Bonchev–Trinajstić information content (AvgIpc) is 3.09. The minimum Gasteiger partial charge on any atom is -0.288 e. The minimum atomic E-state index is -0.167. The molecule has 6 heteroatoms. The zero-order chi connectivity index (χ0) is 14.7. The summed E-state index contributed by atoms with van der Waals surface area (Å²) in [5.41, 5.74) is 2.09. The summed E-state index contributed by atoms with van der Waals surface area (Å²) in [6.45, 7) is 2.54. The van der Waals surface area contributed by atoms with Gasteiger partial charge < -0.3 is 0 Å². The molecule has 1 amide bonds. The Morgan fingerprint density at radius 2 is 2.10 bits per heavy atom. The third-order valence-electron chi connectivity index (χ3n) is 3.02. The van der Waals surface area contributed by atoms with Gasteiger partial charge in [0.05, 0.1) is 11.4 Å². The summed E-state index contributed by atoms with van der Waals surface area (Å²) in [4.78, 5) is 16.9. The molecule has 0 bridgehead atoms. The monoisotopic (exact) mass is 298 g/mol. The molecule has 0 spiro atoms. The van der Waals surface area contributed by atoms with E-state index in [1.165, 1.54) is 11.3 Å². The van der Waals surface area contributed by atoms with Gasteiger partial charge in [0.15, 0.2) is 0 Å². The molecule has 1 aromatic carbocycles. The maximum atomic E-state index is 12.1. The van der Waals surface area contributed by atoms with Crippen LogP contribution >= 0.6 is 11.3 Å². The number of benzene rings is 1. The number of rotatable bonds is 4. The normalized spacial score (nSPS) is 10.5. The van der Waals surface area contributed by atoms with E-state index in [0.717, 1.165) is 11.1 Å². The van der Waals surface area contributed by atoms with Gasteiger partial charge in [-0.1, -0.05) is 30.3 Å². The molecule has 0 aliphatic carbocycles. The molecule has 0 saturated heterocycles. The van der Waals surface area contributed by atoms with E-state index in [0.29, 0.717) is 17.4 Å². The second-order valence-corrected chi connectivity index (χ2v) is 5.55. The first-order valence-corrected chi connectivity index (χ1v) is 7.39. The summed E-state index contributed by atoms with van der Waals surface area (Å²) in [6.07, 6.45) is 1.61. The Morgan fingerprint density at radius 3 is 2.81 bits per heavy atom. The van der Waals surface area contributed by atoms with Gasteiger partial charge in [0.2, 0.25) is 5.95 Å². The molecule has 5 nitrogen and oxygen atoms in total. The van der Waals surface area contributed by atoms with Crippen LogP contribution in [-0.2, 0) is 6.54 Å². The predicted octanol–water partition coefficient (Wildman–Crippen LogP) is 2.95. The highest BCUT2D eigenvalue weighted by Gasteiger charge is 2.12. The van der Waals surface area contributed by atoms with Crippen LogP contribution in [0.25, 0.3) is 0 Å². The minimum absolute atomic E-state index is 0.167. The molecule has 0 fully saturated rings. The molecule has 0 saturated carbocycles. The zero-order valence-corrected chi connectivity index (χ0v) is 12.3. The van der Waals surface area contributed by atoms with Crippen molar-refractivity contribution >= 4 is 23.2 Å². The van der Waals surface area contributed by atoms with E-state index in [1.54, 1.807) is 11.0 Å². The van der Waals surface area contributed by atoms with Crippen molar-refractivity contribution in [3.63, 3.8) is 0 Å². The van der Waals surface area contributed by atoms with E-state index in [9.17, 15) is 4.79 Å². The fourth-order valence-electron chi connectivity index (χ4n) is 1.96. The Bertz CT molecular complexity index is 748. The van der Waals surface area contributed by atoms with Crippen molar-refractivity contribution in [1.29, 1.82) is 0 Å². The zero-order valence-electron chi connectivity index (χ0n) is 11.5. The van der Waals surface area contributed by atoms with Gasteiger partial charge in [-0.3, -0.25) is 10.1 Å². The molecule has 1 N–H and O–H groups in total. The van der Waals surface area contributed by atoms with Crippen LogP contribution in [0.5, 0.6) is 0 Å². The number of nitrogens with zero attached hydrogens (tertiary/aromatic N) is 3. The lowest BCUT2D eigenvalue weighted by molar-refractivity contribution is 0.102. The number of aryl methyl sites for hydroxylation is 1. The maximum absolute atomic E-state index is 12.1. The maximum Gasteiger partial charge on any atom is 0.268 e. The van der Waals surface area contributed by atoms with Crippen molar-refractivity contribution in [3.8, 4) is 0 Å². The van der Waals surface area contributed by atoms with Crippen LogP contribution < -0.4 is 5.32 Å². The van der Waals surface area contributed by atoms with Crippen molar-refractivity contribution < 1.29 is 4.79 Å². The summed E-state index contributed by atoms with van der Waals surface area (Å²) in [7, 11) is 0. The van der Waals surface area contributed by atoms with Crippen molar-refractivity contribution in [3.05, 3.63) is 64.1 Å². The Kier molecular flexibility index (Phi) is 3.79. The quantitative estimate of drug-likeness (QED) is 0.805. The molecule has 106 valence electrons. The number of anilines is 1. The van der Waals surface area contributed by atoms with E-state index in [1.807, 2.05) is 48.7 Å². The van der Waals surface area contributed by atoms with Gasteiger partial charge in [0, 0.05) is 0 Å². The summed E-state index contributed by atoms with van der Waals surface area (Å²) < 4.78 is 1.70. The lowest BCUT2D eigenvalue weighted by Crippen LogP contribution is -2.13. The predicted molar refractivity (Wildman–Crippen MR) is 82.6 cm³/mol. The molecule has 0 aliphatic heterocycles. The number of hydrogen-bond acceptors (Lipinski definition) is 4. The van der Waals surface area contributed by atoms with E-state index < -0.39 is 0 Å². The van der Waals surface area contributed by atoms with E-state index in [-0.39, 0.29) is 5.91 Å². The number of hydrogen-bond donors (Lipinski definition) is 1. The fraction of sp³-hybridized carbons (Fsp3) is 0.133. The Balaban J connectivity index is 1.68. The molecule has 0 aliphatic rings. The largest absolute Gasteiger partial charge is 0.288 e. The second kappa shape index (κ2) is 5.88. The van der Waals surface area contributed by atoms with Crippen LogP contribution in [0, 0.1) is 6.92 Å². The van der Waals surface area contributed by atoms with Gasteiger partial charge in [0.25, 0.3) is 5.91 Å². The van der Waals surface area contributed by atoms with Crippen LogP contribution in [0.2, 0.25) is 0 Å². The first-order chi connectivity index (χ1) is 10.2. The summed E-state index contributed by atoms with van der Waals surface area (Å²) in [6, 6.07) is 11.9. The third-order valence-corrected chi connectivity index (χ3v) is 4.03. The van der Waals surface area contributed by atoms with E-state index in [2.05, 4.69) is 15.4 Å². The number of carbonyl (C=O) groups is 1.